The Hall–Kier alpha value is -0.220. The predicted octanol–water partition coefficient (Wildman–Crippen LogP) is 3.42. The van der Waals surface area contributed by atoms with E-state index in [9.17, 15) is 0 Å². The summed E-state index contributed by atoms with van der Waals surface area (Å²) in [6, 6.07) is 0. The third-order valence-electron chi connectivity index (χ3n) is 2.62. The van der Waals surface area contributed by atoms with Crippen molar-refractivity contribution in [2.24, 2.45) is 5.41 Å². The molecule has 4 heteroatoms. The van der Waals surface area contributed by atoms with Crippen LogP contribution in [0.5, 0.6) is 0 Å². The molecule has 1 N–H and O–H groups in total. The van der Waals surface area contributed by atoms with Crippen LogP contribution in [0.1, 0.15) is 32.0 Å². The number of aromatic amines is 1. The number of aromatic nitrogens is 2. The number of rotatable bonds is 1. The van der Waals surface area contributed by atoms with Crippen LogP contribution in [0.4, 0.5) is 0 Å². The van der Waals surface area contributed by atoms with Crippen LogP contribution in [0.15, 0.2) is 10.7 Å². The fourth-order valence-corrected chi connectivity index (χ4v) is 1.86. The lowest BCUT2D eigenvalue weighted by atomic mass is 10.1. The van der Waals surface area contributed by atoms with Gasteiger partial charge in [-0.2, -0.15) is 0 Å². The highest BCUT2D eigenvalue weighted by Crippen LogP contribution is 2.57. The first-order valence-electron chi connectivity index (χ1n) is 4.25. The minimum absolute atomic E-state index is 0.402. The first kappa shape index (κ1) is 9.34. The largest absolute Gasteiger partial charge is 0.334 e. The molecule has 0 bridgehead atoms. The van der Waals surface area contributed by atoms with Gasteiger partial charge in [-0.25, -0.2) is 4.98 Å². The second-order valence-electron chi connectivity index (χ2n) is 4.19. The van der Waals surface area contributed by atoms with Gasteiger partial charge >= 0.3 is 0 Å². The topological polar surface area (TPSA) is 28.7 Å². The molecule has 1 fully saturated rings. The fourth-order valence-electron chi connectivity index (χ4n) is 1.50. The molecule has 2 rings (SSSR count). The number of nitrogens with zero attached hydrogens (tertiary/aromatic N) is 1. The molecule has 1 saturated carbocycles. The molecule has 1 aromatic rings. The van der Waals surface area contributed by atoms with Crippen LogP contribution in [0.3, 0.4) is 0 Å². The summed E-state index contributed by atoms with van der Waals surface area (Å²) in [5, 5.41) is 0. The quantitative estimate of drug-likeness (QED) is 0.783. The SMILES string of the molecule is CC1(C)CC1c1ncc(Br)c(=S)[nH]1. The lowest BCUT2D eigenvalue weighted by Gasteiger charge is -2.02. The summed E-state index contributed by atoms with van der Waals surface area (Å²) >= 11 is 8.45. The molecule has 1 heterocycles. The van der Waals surface area contributed by atoms with Gasteiger partial charge in [-0.05, 0) is 27.8 Å². The third-order valence-corrected chi connectivity index (χ3v) is 3.80. The Morgan fingerprint density at radius 3 is 2.77 bits per heavy atom. The molecule has 0 amide bonds. The molecule has 13 heavy (non-hydrogen) atoms. The zero-order valence-corrected chi connectivity index (χ0v) is 10.00. The van der Waals surface area contributed by atoms with E-state index in [1.807, 2.05) is 0 Å². The number of halogens is 1. The lowest BCUT2D eigenvalue weighted by Crippen LogP contribution is -1.97. The van der Waals surface area contributed by atoms with Crippen molar-refractivity contribution in [1.82, 2.24) is 9.97 Å². The molecule has 1 aromatic heterocycles. The summed E-state index contributed by atoms with van der Waals surface area (Å²) in [6.45, 7) is 4.50. The molecule has 0 aromatic carbocycles. The summed E-state index contributed by atoms with van der Waals surface area (Å²) in [5.74, 6) is 1.58. The van der Waals surface area contributed by atoms with Crippen molar-refractivity contribution < 1.29 is 0 Å². The van der Waals surface area contributed by atoms with Crippen molar-refractivity contribution in [2.45, 2.75) is 26.2 Å². The van der Waals surface area contributed by atoms with Gasteiger partial charge in [0.15, 0.2) is 0 Å². The molecule has 1 unspecified atom stereocenters. The first-order valence-corrected chi connectivity index (χ1v) is 5.45. The van der Waals surface area contributed by atoms with Gasteiger partial charge in [0.1, 0.15) is 10.5 Å². The molecule has 1 aliphatic carbocycles. The van der Waals surface area contributed by atoms with Gasteiger partial charge in [-0.1, -0.05) is 26.1 Å². The summed E-state index contributed by atoms with van der Waals surface area (Å²) in [5.41, 5.74) is 0.402. The lowest BCUT2D eigenvalue weighted by molar-refractivity contribution is 0.607. The molecule has 0 radical (unpaired) electrons. The van der Waals surface area contributed by atoms with Crippen LogP contribution in [-0.4, -0.2) is 9.97 Å². The highest BCUT2D eigenvalue weighted by Gasteiger charge is 2.48. The van der Waals surface area contributed by atoms with E-state index in [-0.39, 0.29) is 0 Å². The second-order valence-corrected chi connectivity index (χ2v) is 5.45. The summed E-state index contributed by atoms with van der Waals surface area (Å²) in [4.78, 5) is 7.48. The molecular formula is C9H11BrN2S. The van der Waals surface area contributed by atoms with Crippen molar-refractivity contribution >= 4 is 28.1 Å². The van der Waals surface area contributed by atoms with E-state index in [2.05, 4.69) is 39.7 Å². The molecular weight excluding hydrogens is 248 g/mol. The van der Waals surface area contributed by atoms with Gasteiger partial charge in [0, 0.05) is 12.1 Å². The predicted molar refractivity (Wildman–Crippen MR) is 58.3 cm³/mol. The molecule has 1 aliphatic rings. The Bertz CT molecular complexity index is 397. The normalized spacial score (nSPS) is 24.4. The molecule has 2 nitrogen and oxygen atoms in total. The van der Waals surface area contributed by atoms with Gasteiger partial charge in [-0.15, -0.1) is 0 Å². The van der Waals surface area contributed by atoms with Crippen LogP contribution in [-0.2, 0) is 0 Å². The second kappa shape index (κ2) is 2.89. The van der Waals surface area contributed by atoms with Crippen molar-refractivity contribution in [1.29, 1.82) is 0 Å². The minimum Gasteiger partial charge on any atom is -0.334 e. The number of nitrogens with one attached hydrogen (secondary N) is 1. The van der Waals surface area contributed by atoms with Crippen molar-refractivity contribution in [3.63, 3.8) is 0 Å². The van der Waals surface area contributed by atoms with Gasteiger partial charge in [-0.3, -0.25) is 0 Å². The third kappa shape index (κ3) is 1.70. The standard InChI is InChI=1S/C9H11BrN2S/c1-9(2)3-5(9)7-11-4-6(10)8(13)12-7/h4-5H,3H2,1-2H3,(H,11,12,13). The maximum Gasteiger partial charge on any atom is 0.120 e. The Morgan fingerprint density at radius 1 is 1.69 bits per heavy atom. The highest BCUT2D eigenvalue weighted by atomic mass is 79.9. The van der Waals surface area contributed by atoms with E-state index in [1.165, 1.54) is 6.42 Å². The molecule has 70 valence electrons. The van der Waals surface area contributed by atoms with Gasteiger partial charge < -0.3 is 4.98 Å². The van der Waals surface area contributed by atoms with Crippen LogP contribution in [0.25, 0.3) is 0 Å². The number of hydrogen-bond donors (Lipinski definition) is 1. The van der Waals surface area contributed by atoms with E-state index in [0.29, 0.717) is 11.3 Å². The number of H-pyrrole nitrogens is 1. The van der Waals surface area contributed by atoms with E-state index in [4.69, 9.17) is 12.2 Å². The van der Waals surface area contributed by atoms with Crippen molar-refractivity contribution in [3.8, 4) is 0 Å². The maximum atomic E-state index is 5.12. The average molecular weight is 259 g/mol. The van der Waals surface area contributed by atoms with E-state index in [1.54, 1.807) is 6.20 Å². The molecule has 0 saturated heterocycles. The molecule has 0 aliphatic heterocycles. The molecule has 0 spiro atoms. The highest BCUT2D eigenvalue weighted by molar-refractivity contribution is 9.10. The number of hydrogen-bond acceptors (Lipinski definition) is 2. The monoisotopic (exact) mass is 258 g/mol. The zero-order valence-electron chi connectivity index (χ0n) is 7.60. The summed E-state index contributed by atoms with van der Waals surface area (Å²) < 4.78 is 1.61. The zero-order chi connectivity index (χ0) is 9.64. The summed E-state index contributed by atoms with van der Waals surface area (Å²) in [7, 11) is 0. The van der Waals surface area contributed by atoms with Crippen LogP contribution in [0, 0.1) is 10.1 Å². The molecule has 1 atom stereocenters. The van der Waals surface area contributed by atoms with E-state index >= 15 is 0 Å². The van der Waals surface area contributed by atoms with Crippen molar-refractivity contribution in [2.75, 3.05) is 0 Å². The maximum absolute atomic E-state index is 5.12. The van der Waals surface area contributed by atoms with Gasteiger partial charge in [0.25, 0.3) is 0 Å². The Labute approximate surface area is 90.9 Å². The van der Waals surface area contributed by atoms with Gasteiger partial charge in [0.05, 0.1) is 4.47 Å². The van der Waals surface area contributed by atoms with E-state index in [0.717, 1.165) is 14.9 Å². The Kier molecular flexibility index (Phi) is 2.07. The van der Waals surface area contributed by atoms with Gasteiger partial charge in [0.2, 0.25) is 0 Å². The van der Waals surface area contributed by atoms with Crippen molar-refractivity contribution in [3.05, 3.63) is 21.1 Å². The minimum atomic E-state index is 0.402. The first-order chi connectivity index (χ1) is 6.00. The fraction of sp³-hybridized carbons (Fsp3) is 0.556. The van der Waals surface area contributed by atoms with Crippen LogP contribution >= 0.6 is 28.1 Å². The average Bonchev–Trinajstić information content (AvgIpc) is 2.66. The Morgan fingerprint density at radius 2 is 2.31 bits per heavy atom. The van der Waals surface area contributed by atoms with Crippen LogP contribution in [0.2, 0.25) is 0 Å². The Balaban J connectivity index is 2.35. The summed E-state index contributed by atoms with van der Waals surface area (Å²) in [6.07, 6.45) is 2.98. The van der Waals surface area contributed by atoms with E-state index < -0.39 is 0 Å². The smallest absolute Gasteiger partial charge is 0.120 e. The van der Waals surface area contributed by atoms with Crippen LogP contribution < -0.4 is 0 Å².